The molecule has 4 rings (SSSR count). The lowest BCUT2D eigenvalue weighted by Gasteiger charge is -2.29. The summed E-state index contributed by atoms with van der Waals surface area (Å²) in [6.07, 6.45) is 0.399. The number of benzene rings is 2. The van der Waals surface area contributed by atoms with Crippen molar-refractivity contribution in [1.29, 1.82) is 0 Å². The van der Waals surface area contributed by atoms with Crippen molar-refractivity contribution in [2.45, 2.75) is 38.0 Å². The number of hydrogen-bond acceptors (Lipinski definition) is 6. The lowest BCUT2D eigenvalue weighted by Crippen LogP contribution is -2.42. The minimum absolute atomic E-state index is 0.193. The minimum Gasteiger partial charge on any atom is -0.598 e. The van der Waals surface area contributed by atoms with Crippen LogP contribution in [0.1, 0.15) is 48.6 Å². The molecule has 2 heterocycles. The van der Waals surface area contributed by atoms with Gasteiger partial charge in [0.2, 0.25) is 0 Å². The molecule has 1 amide bonds. The number of primary amides is 1. The fourth-order valence-electron chi connectivity index (χ4n) is 3.56. The van der Waals surface area contributed by atoms with E-state index < -0.39 is 22.0 Å². The van der Waals surface area contributed by atoms with E-state index in [0.717, 1.165) is 16.5 Å². The largest absolute Gasteiger partial charge is 0.598 e. The van der Waals surface area contributed by atoms with Crippen molar-refractivity contribution in [2.24, 2.45) is 5.73 Å². The Morgan fingerprint density at radius 1 is 1.09 bits per heavy atom. The number of carbonyl (C=O) groups excluding carboxylic acids is 1. The molecule has 0 aliphatic carbocycles. The fraction of sp³-hybridized carbons (Fsp3) is 0.240. The number of para-hydroxylation sites is 1. The Morgan fingerprint density at radius 3 is 2.58 bits per heavy atom. The summed E-state index contributed by atoms with van der Waals surface area (Å²) >= 11 is -1.35. The summed E-state index contributed by atoms with van der Waals surface area (Å²) < 4.78 is 21.4. The third-order valence-corrected chi connectivity index (χ3v) is 6.86. The van der Waals surface area contributed by atoms with E-state index in [2.05, 4.69) is 14.9 Å². The molecule has 0 saturated carbocycles. The first kappa shape index (κ1) is 23.0. The number of nitrogens with zero attached hydrogens (tertiary/aromatic N) is 2. The van der Waals surface area contributed by atoms with E-state index >= 15 is 0 Å². The van der Waals surface area contributed by atoms with Crippen molar-refractivity contribution in [3.8, 4) is 11.3 Å². The number of nitrogens with two attached hydrogens (primary N) is 1. The molecule has 0 aliphatic rings. The Labute approximate surface area is 195 Å². The molecule has 0 radical (unpaired) electrons. The highest BCUT2D eigenvalue weighted by Crippen LogP contribution is 2.34. The van der Waals surface area contributed by atoms with Crippen LogP contribution in [0, 0.1) is 0 Å². The second-order valence-corrected chi connectivity index (χ2v) is 10.7. The minimum atomic E-state index is -1.35. The normalized spacial score (nSPS) is 13.7. The quantitative estimate of drug-likeness (QED) is 0.395. The van der Waals surface area contributed by atoms with Crippen LogP contribution >= 0.6 is 0 Å². The van der Waals surface area contributed by atoms with Crippen LogP contribution in [0.2, 0.25) is 0 Å². The Hall–Kier alpha value is -3.20. The van der Waals surface area contributed by atoms with Gasteiger partial charge in [-0.25, -0.2) is 4.98 Å². The van der Waals surface area contributed by atoms with E-state index in [-0.39, 0.29) is 11.7 Å². The first-order valence-electron chi connectivity index (χ1n) is 10.6. The lowest BCUT2D eigenvalue weighted by molar-refractivity contribution is 0.0995. The van der Waals surface area contributed by atoms with Crippen LogP contribution in [-0.2, 0) is 17.8 Å². The van der Waals surface area contributed by atoms with E-state index in [0.29, 0.717) is 23.4 Å². The van der Waals surface area contributed by atoms with Crippen LogP contribution in [0.4, 0.5) is 0 Å². The third kappa shape index (κ3) is 5.08. The first-order chi connectivity index (χ1) is 15.7. The van der Waals surface area contributed by atoms with Gasteiger partial charge >= 0.3 is 0 Å². The zero-order valence-electron chi connectivity index (χ0n) is 18.7. The maximum Gasteiger partial charge on any atom is 0.267 e. The highest BCUT2D eigenvalue weighted by Gasteiger charge is 2.31. The average molecular weight is 463 g/mol. The molecule has 0 aliphatic heterocycles. The lowest BCUT2D eigenvalue weighted by atomic mass is 9.94. The fourth-order valence-corrected chi connectivity index (χ4v) is 4.38. The molecule has 0 saturated heterocycles. The van der Waals surface area contributed by atoms with Gasteiger partial charge in [0.1, 0.15) is 16.1 Å². The second kappa shape index (κ2) is 9.35. The summed E-state index contributed by atoms with van der Waals surface area (Å²) in [5.41, 5.74) is 9.46. The summed E-state index contributed by atoms with van der Waals surface area (Å²) in [4.78, 5) is 16.0. The summed E-state index contributed by atoms with van der Waals surface area (Å²) in [5, 5.41) is 5.22. The van der Waals surface area contributed by atoms with Gasteiger partial charge in [0.15, 0.2) is 5.58 Å². The Bertz CT molecular complexity index is 1280. The molecule has 170 valence electrons. The van der Waals surface area contributed by atoms with E-state index in [1.54, 1.807) is 12.1 Å². The SMILES string of the molecule is CC(C)(C)[S@+]([O-])NC(Cc1cccc(C(N)=O)n1)c1ccccc1-c1noc2ccccc12. The molecule has 33 heavy (non-hydrogen) atoms. The number of fused-ring (bicyclic) bond motifs is 1. The standard InChI is InChI=1S/C25H26N4O3S/c1-25(2,3)33(31)29-21(15-16-9-8-13-20(27-16)24(26)30)17-10-4-5-11-18(17)23-19-12-6-7-14-22(19)32-28-23/h4-14,21,29H,15H2,1-3H3,(H2,26,30)/t21?,33-/m0/s1. The van der Waals surface area contributed by atoms with E-state index in [9.17, 15) is 9.35 Å². The molecule has 7 nitrogen and oxygen atoms in total. The molecular weight excluding hydrogens is 436 g/mol. The van der Waals surface area contributed by atoms with Crippen LogP contribution < -0.4 is 10.5 Å². The molecule has 2 aromatic carbocycles. The first-order valence-corrected chi connectivity index (χ1v) is 11.8. The summed E-state index contributed by atoms with van der Waals surface area (Å²) in [5.74, 6) is -0.589. The Kier molecular flexibility index (Phi) is 6.51. The van der Waals surface area contributed by atoms with E-state index in [1.807, 2.05) is 75.4 Å². The molecule has 8 heteroatoms. The molecule has 2 atom stereocenters. The highest BCUT2D eigenvalue weighted by molar-refractivity contribution is 7.90. The topological polar surface area (TPSA) is 117 Å². The number of aromatic nitrogens is 2. The summed E-state index contributed by atoms with van der Waals surface area (Å²) in [6.45, 7) is 5.74. The van der Waals surface area contributed by atoms with Crippen LogP contribution in [0.5, 0.6) is 0 Å². The molecule has 4 aromatic rings. The molecule has 0 bridgehead atoms. The Morgan fingerprint density at radius 2 is 1.82 bits per heavy atom. The van der Waals surface area contributed by atoms with Gasteiger partial charge in [0.25, 0.3) is 5.91 Å². The van der Waals surface area contributed by atoms with Gasteiger partial charge in [-0.15, -0.1) is 4.72 Å². The molecule has 3 N–H and O–H groups in total. The van der Waals surface area contributed by atoms with Crippen LogP contribution in [0.25, 0.3) is 22.2 Å². The maximum atomic E-state index is 13.1. The monoisotopic (exact) mass is 462 g/mol. The highest BCUT2D eigenvalue weighted by atomic mass is 32.2. The predicted molar refractivity (Wildman–Crippen MR) is 130 cm³/mol. The number of pyridine rings is 1. The van der Waals surface area contributed by atoms with Crippen molar-refractivity contribution < 1.29 is 13.9 Å². The van der Waals surface area contributed by atoms with Gasteiger partial charge in [0.05, 0.1) is 6.04 Å². The third-order valence-electron chi connectivity index (χ3n) is 5.25. The molecule has 0 fully saturated rings. The Balaban J connectivity index is 1.79. The van der Waals surface area contributed by atoms with Crippen molar-refractivity contribution in [3.63, 3.8) is 0 Å². The van der Waals surface area contributed by atoms with E-state index in [1.165, 1.54) is 0 Å². The van der Waals surface area contributed by atoms with Crippen molar-refractivity contribution in [2.75, 3.05) is 0 Å². The summed E-state index contributed by atoms with van der Waals surface area (Å²) in [7, 11) is 0. The van der Waals surface area contributed by atoms with Gasteiger partial charge in [-0.2, -0.15) is 0 Å². The van der Waals surface area contributed by atoms with Crippen molar-refractivity contribution in [1.82, 2.24) is 14.9 Å². The number of rotatable bonds is 7. The van der Waals surface area contributed by atoms with E-state index in [4.69, 9.17) is 10.3 Å². The van der Waals surface area contributed by atoms with Crippen LogP contribution in [0.15, 0.2) is 71.3 Å². The zero-order chi connectivity index (χ0) is 23.6. The average Bonchev–Trinajstić information content (AvgIpc) is 3.22. The second-order valence-electron chi connectivity index (χ2n) is 8.75. The molecule has 2 aromatic heterocycles. The van der Waals surface area contributed by atoms with Gasteiger partial charge in [-0.3, -0.25) is 4.79 Å². The summed E-state index contributed by atoms with van der Waals surface area (Å²) in [6, 6.07) is 20.3. The zero-order valence-corrected chi connectivity index (χ0v) is 19.6. The molecule has 1 unspecified atom stereocenters. The van der Waals surface area contributed by atoms with Gasteiger partial charge in [-0.1, -0.05) is 47.6 Å². The van der Waals surface area contributed by atoms with Gasteiger partial charge in [-0.05, 0) is 50.6 Å². The molecular formula is C25H26N4O3S. The number of nitrogens with one attached hydrogen (secondary N) is 1. The van der Waals surface area contributed by atoms with Crippen molar-refractivity contribution in [3.05, 3.63) is 83.7 Å². The van der Waals surface area contributed by atoms with Gasteiger partial charge < -0.3 is 14.8 Å². The number of carbonyl (C=O) groups is 1. The molecule has 0 spiro atoms. The number of hydrogen-bond donors (Lipinski definition) is 2. The predicted octanol–water partition coefficient (Wildman–Crippen LogP) is 4.32. The van der Waals surface area contributed by atoms with Crippen molar-refractivity contribution >= 4 is 28.2 Å². The van der Waals surface area contributed by atoms with Crippen LogP contribution in [0.3, 0.4) is 0 Å². The number of amides is 1. The van der Waals surface area contributed by atoms with Gasteiger partial charge in [0, 0.05) is 34.4 Å². The smallest absolute Gasteiger partial charge is 0.267 e. The maximum absolute atomic E-state index is 13.1. The van der Waals surface area contributed by atoms with Crippen LogP contribution in [-0.4, -0.2) is 25.3 Å².